The van der Waals surface area contributed by atoms with Crippen LogP contribution in [0.25, 0.3) is 5.57 Å². The van der Waals surface area contributed by atoms with Crippen molar-refractivity contribution in [3.63, 3.8) is 0 Å². The fourth-order valence-electron chi connectivity index (χ4n) is 4.38. The standard InChI is InChI=1S/C27H29NO5S/c1-18(21-7-8-23-25(15-21)31-14-13-30-23)17-34-19(2)20-9-11-28(12-10-20)27(29)26-16-32-22-5-3-4-6-24(22)33-26/h3-8,15,17,20,26H,2,9-14,16H2,1H3/b18-17+. The van der Waals surface area contributed by atoms with Crippen LogP contribution >= 0.6 is 11.8 Å². The molecule has 1 saturated heterocycles. The highest BCUT2D eigenvalue weighted by Gasteiger charge is 2.33. The molecule has 1 unspecified atom stereocenters. The third-order valence-electron chi connectivity index (χ3n) is 6.43. The first-order chi connectivity index (χ1) is 16.6. The van der Waals surface area contributed by atoms with Gasteiger partial charge in [-0.15, -0.1) is 11.8 Å². The van der Waals surface area contributed by atoms with Crippen molar-refractivity contribution in [2.24, 2.45) is 5.92 Å². The van der Waals surface area contributed by atoms with E-state index < -0.39 is 6.10 Å². The van der Waals surface area contributed by atoms with E-state index in [4.69, 9.17) is 18.9 Å². The largest absolute Gasteiger partial charge is 0.486 e. The number of rotatable bonds is 5. The molecule has 1 atom stereocenters. The molecule has 1 amide bonds. The van der Waals surface area contributed by atoms with Crippen LogP contribution in [0.5, 0.6) is 23.0 Å². The highest BCUT2D eigenvalue weighted by molar-refractivity contribution is 8.06. The topological polar surface area (TPSA) is 57.2 Å². The Morgan fingerprint density at radius 1 is 1.00 bits per heavy atom. The molecule has 178 valence electrons. The predicted octanol–water partition coefficient (Wildman–Crippen LogP) is 5.14. The van der Waals surface area contributed by atoms with Gasteiger partial charge in [-0.1, -0.05) is 24.8 Å². The first-order valence-corrected chi connectivity index (χ1v) is 12.6. The lowest BCUT2D eigenvalue weighted by Gasteiger charge is -2.35. The molecule has 6 nitrogen and oxygen atoms in total. The summed E-state index contributed by atoms with van der Waals surface area (Å²) in [5, 5.41) is 2.15. The van der Waals surface area contributed by atoms with Crippen molar-refractivity contribution in [3.8, 4) is 23.0 Å². The summed E-state index contributed by atoms with van der Waals surface area (Å²) in [6.45, 7) is 9.26. The third kappa shape index (κ3) is 4.89. The minimum absolute atomic E-state index is 0.000525. The zero-order valence-electron chi connectivity index (χ0n) is 19.3. The average Bonchev–Trinajstić information content (AvgIpc) is 2.90. The number of likely N-dealkylation sites (tertiary alicyclic amines) is 1. The molecule has 2 aromatic rings. The van der Waals surface area contributed by atoms with Gasteiger partial charge in [-0.05, 0) is 71.4 Å². The molecule has 0 N–H and O–H groups in total. The summed E-state index contributed by atoms with van der Waals surface area (Å²) in [6.07, 6.45) is 1.22. The molecule has 0 aliphatic carbocycles. The van der Waals surface area contributed by atoms with Crippen LogP contribution in [-0.2, 0) is 4.79 Å². The molecule has 0 aromatic heterocycles. The Labute approximate surface area is 204 Å². The van der Waals surface area contributed by atoms with Gasteiger partial charge in [0.25, 0.3) is 5.91 Å². The number of ether oxygens (including phenoxy) is 4. The van der Waals surface area contributed by atoms with Crippen LogP contribution in [0, 0.1) is 5.92 Å². The lowest BCUT2D eigenvalue weighted by molar-refractivity contribution is -0.142. The molecular formula is C27H29NO5S. The SMILES string of the molecule is C=C(S/C=C(\C)c1ccc2c(c1)OCCO2)C1CCN(C(=O)C2COc3ccccc3O2)CC1. The Hall–Kier alpha value is -3.06. The van der Waals surface area contributed by atoms with Gasteiger partial charge >= 0.3 is 0 Å². The van der Waals surface area contributed by atoms with Gasteiger partial charge in [-0.2, -0.15) is 0 Å². The van der Waals surface area contributed by atoms with E-state index in [1.807, 2.05) is 41.3 Å². The number of carbonyl (C=O) groups excluding carboxylic acids is 1. The van der Waals surface area contributed by atoms with Crippen LogP contribution in [-0.4, -0.2) is 49.8 Å². The number of allylic oxidation sites excluding steroid dienone is 2. The van der Waals surface area contributed by atoms with Gasteiger partial charge in [0, 0.05) is 13.1 Å². The summed E-state index contributed by atoms with van der Waals surface area (Å²) < 4.78 is 22.9. The second kappa shape index (κ2) is 10.1. The summed E-state index contributed by atoms with van der Waals surface area (Å²) in [5.41, 5.74) is 2.27. The number of amides is 1. The van der Waals surface area contributed by atoms with Crippen molar-refractivity contribution in [3.05, 3.63) is 64.9 Å². The number of carbonyl (C=O) groups is 1. The van der Waals surface area contributed by atoms with Gasteiger partial charge in [0.1, 0.15) is 19.8 Å². The normalized spacial score (nSPS) is 20.1. The molecule has 0 saturated carbocycles. The lowest BCUT2D eigenvalue weighted by Crippen LogP contribution is -2.49. The van der Waals surface area contributed by atoms with Crippen LogP contribution in [0.3, 0.4) is 0 Å². The molecule has 5 rings (SSSR count). The number of hydrogen-bond acceptors (Lipinski definition) is 6. The second-order valence-electron chi connectivity index (χ2n) is 8.71. The van der Waals surface area contributed by atoms with Gasteiger partial charge in [-0.3, -0.25) is 4.79 Å². The number of piperidine rings is 1. The smallest absolute Gasteiger partial charge is 0.267 e. The van der Waals surface area contributed by atoms with E-state index in [2.05, 4.69) is 25.0 Å². The summed E-state index contributed by atoms with van der Waals surface area (Å²) >= 11 is 1.68. The molecule has 2 aromatic carbocycles. The van der Waals surface area contributed by atoms with E-state index in [0.29, 0.717) is 43.7 Å². The lowest BCUT2D eigenvalue weighted by atomic mass is 9.96. The van der Waals surface area contributed by atoms with E-state index in [1.54, 1.807) is 11.8 Å². The molecule has 0 bridgehead atoms. The fourth-order valence-corrected chi connectivity index (χ4v) is 5.28. The van der Waals surface area contributed by atoms with Crippen molar-refractivity contribution in [2.75, 3.05) is 32.9 Å². The van der Waals surface area contributed by atoms with Crippen molar-refractivity contribution in [2.45, 2.75) is 25.9 Å². The first kappa shape index (κ1) is 22.7. The Bertz CT molecular complexity index is 1110. The van der Waals surface area contributed by atoms with Crippen molar-refractivity contribution in [1.82, 2.24) is 4.90 Å². The van der Waals surface area contributed by atoms with Gasteiger partial charge < -0.3 is 23.8 Å². The quantitative estimate of drug-likeness (QED) is 0.592. The number of thioether (sulfide) groups is 1. The van der Waals surface area contributed by atoms with Crippen LogP contribution in [0.2, 0.25) is 0 Å². The molecule has 34 heavy (non-hydrogen) atoms. The second-order valence-corrected chi connectivity index (χ2v) is 9.70. The molecule has 7 heteroatoms. The van der Waals surface area contributed by atoms with E-state index in [0.717, 1.165) is 40.4 Å². The molecule has 3 heterocycles. The zero-order valence-corrected chi connectivity index (χ0v) is 20.1. The van der Waals surface area contributed by atoms with Gasteiger partial charge in [-0.25, -0.2) is 0 Å². The van der Waals surface area contributed by atoms with Gasteiger partial charge in [0.15, 0.2) is 23.0 Å². The summed E-state index contributed by atoms with van der Waals surface area (Å²) in [7, 11) is 0. The molecule has 0 spiro atoms. The van der Waals surface area contributed by atoms with Crippen molar-refractivity contribution in [1.29, 1.82) is 0 Å². The fraction of sp³-hybridized carbons (Fsp3) is 0.370. The highest BCUT2D eigenvalue weighted by atomic mass is 32.2. The minimum atomic E-state index is -0.583. The van der Waals surface area contributed by atoms with E-state index in [1.165, 1.54) is 0 Å². The van der Waals surface area contributed by atoms with Crippen molar-refractivity contribution < 1.29 is 23.7 Å². The number of fused-ring (bicyclic) bond motifs is 2. The maximum Gasteiger partial charge on any atom is 0.267 e. The van der Waals surface area contributed by atoms with Crippen LogP contribution in [0.4, 0.5) is 0 Å². The zero-order chi connectivity index (χ0) is 23.5. The Kier molecular flexibility index (Phi) is 6.72. The Balaban J connectivity index is 1.12. The number of nitrogens with zero attached hydrogens (tertiary/aromatic N) is 1. The van der Waals surface area contributed by atoms with Crippen molar-refractivity contribution >= 4 is 23.2 Å². The van der Waals surface area contributed by atoms with Crippen LogP contribution in [0.15, 0.2) is 59.4 Å². The Morgan fingerprint density at radius 2 is 1.71 bits per heavy atom. The Morgan fingerprint density at radius 3 is 2.50 bits per heavy atom. The van der Waals surface area contributed by atoms with Crippen LogP contribution < -0.4 is 18.9 Å². The van der Waals surface area contributed by atoms with Gasteiger partial charge in [0.2, 0.25) is 6.10 Å². The molecule has 1 fully saturated rings. The molecular weight excluding hydrogens is 450 g/mol. The molecule has 3 aliphatic rings. The van der Waals surface area contributed by atoms with Gasteiger partial charge in [0.05, 0.1) is 0 Å². The average molecular weight is 480 g/mol. The number of para-hydroxylation sites is 2. The van der Waals surface area contributed by atoms with E-state index in [-0.39, 0.29) is 12.5 Å². The maximum atomic E-state index is 13.0. The van der Waals surface area contributed by atoms with E-state index in [9.17, 15) is 4.79 Å². The minimum Gasteiger partial charge on any atom is -0.486 e. The first-order valence-electron chi connectivity index (χ1n) is 11.7. The number of hydrogen-bond donors (Lipinski definition) is 0. The summed E-state index contributed by atoms with van der Waals surface area (Å²) in [6, 6.07) is 13.5. The summed E-state index contributed by atoms with van der Waals surface area (Å²) in [4.78, 5) is 16.0. The maximum absolute atomic E-state index is 13.0. The highest BCUT2D eigenvalue weighted by Crippen LogP contribution is 2.37. The van der Waals surface area contributed by atoms with E-state index >= 15 is 0 Å². The molecule has 0 radical (unpaired) electrons. The monoisotopic (exact) mass is 479 g/mol. The number of benzene rings is 2. The molecule has 3 aliphatic heterocycles. The summed E-state index contributed by atoms with van der Waals surface area (Å²) in [5.74, 6) is 3.30. The van der Waals surface area contributed by atoms with Crippen LogP contribution in [0.1, 0.15) is 25.3 Å². The third-order valence-corrected chi connectivity index (χ3v) is 7.54. The predicted molar refractivity (Wildman–Crippen MR) is 133 cm³/mol.